The van der Waals surface area contributed by atoms with Crippen LogP contribution in [-0.4, -0.2) is 38.5 Å². The zero-order valence-corrected chi connectivity index (χ0v) is 11.8. The van der Waals surface area contributed by atoms with Crippen LogP contribution in [0.3, 0.4) is 0 Å². The number of aromatic nitrogens is 5. The maximum Gasteiger partial charge on any atom is 0.321 e. The van der Waals surface area contributed by atoms with Crippen molar-refractivity contribution in [2.24, 2.45) is 0 Å². The van der Waals surface area contributed by atoms with Crippen LogP contribution in [0.1, 0.15) is 12.7 Å². The van der Waals surface area contributed by atoms with Crippen LogP contribution in [-0.2, 0) is 6.42 Å². The lowest BCUT2D eigenvalue weighted by molar-refractivity contribution is 0.374. The normalized spacial score (nSPS) is 10.4. The number of methoxy groups -OCH3 is 1. The van der Waals surface area contributed by atoms with Crippen molar-refractivity contribution in [1.29, 1.82) is 0 Å². The average molecular weight is 284 g/mol. The molecule has 0 radical (unpaired) electrons. The number of anilines is 1. The van der Waals surface area contributed by atoms with E-state index < -0.39 is 0 Å². The van der Waals surface area contributed by atoms with E-state index in [-0.39, 0.29) is 6.01 Å². The number of rotatable bonds is 5. The molecule has 9 heteroatoms. The predicted octanol–water partition coefficient (Wildman–Crippen LogP) is 1.49. The van der Waals surface area contributed by atoms with Crippen molar-refractivity contribution in [1.82, 2.24) is 24.3 Å². The minimum absolute atomic E-state index is 0.275. The predicted molar refractivity (Wildman–Crippen MR) is 69.3 cm³/mol. The van der Waals surface area contributed by atoms with Gasteiger partial charge >= 0.3 is 6.01 Å². The first kappa shape index (κ1) is 13.0. The summed E-state index contributed by atoms with van der Waals surface area (Å²) in [4.78, 5) is 16.7. The third-order valence-electron chi connectivity index (χ3n) is 1.94. The van der Waals surface area contributed by atoms with Crippen molar-refractivity contribution >= 4 is 29.2 Å². The molecule has 0 saturated heterocycles. The molecule has 0 atom stereocenters. The maximum absolute atomic E-state index is 5.01. The van der Waals surface area contributed by atoms with Gasteiger partial charge in [0.25, 0.3) is 0 Å². The van der Waals surface area contributed by atoms with Gasteiger partial charge in [0.2, 0.25) is 11.1 Å². The summed E-state index contributed by atoms with van der Waals surface area (Å²) in [5.41, 5.74) is 0. The van der Waals surface area contributed by atoms with E-state index in [1.165, 1.54) is 30.4 Å². The summed E-state index contributed by atoms with van der Waals surface area (Å²) in [5, 5.41) is 3.39. The van der Waals surface area contributed by atoms with Gasteiger partial charge in [-0.15, -0.1) is 0 Å². The molecular formula is C9H12N6OS2. The Bertz CT molecular complexity index is 509. The summed E-state index contributed by atoms with van der Waals surface area (Å²) in [6.07, 6.45) is 0.819. The van der Waals surface area contributed by atoms with Crippen LogP contribution in [0.15, 0.2) is 9.50 Å². The Labute approximate surface area is 113 Å². The zero-order valence-electron chi connectivity index (χ0n) is 10.2. The third-order valence-corrected chi connectivity index (χ3v) is 3.60. The molecule has 1 N–H and O–H groups in total. The summed E-state index contributed by atoms with van der Waals surface area (Å²) >= 11 is 2.68. The highest BCUT2D eigenvalue weighted by molar-refractivity contribution is 8.00. The largest absolute Gasteiger partial charge is 0.467 e. The highest BCUT2D eigenvalue weighted by atomic mass is 32.2. The fourth-order valence-corrected chi connectivity index (χ4v) is 2.63. The highest BCUT2D eigenvalue weighted by Crippen LogP contribution is 2.27. The number of hydrogen-bond acceptors (Lipinski definition) is 9. The van der Waals surface area contributed by atoms with Gasteiger partial charge in [-0.1, -0.05) is 6.92 Å². The lowest BCUT2D eigenvalue weighted by Crippen LogP contribution is -2.02. The van der Waals surface area contributed by atoms with Crippen molar-refractivity contribution in [3.8, 4) is 6.01 Å². The second kappa shape index (κ2) is 5.91. The zero-order chi connectivity index (χ0) is 13.0. The van der Waals surface area contributed by atoms with E-state index in [1.54, 1.807) is 7.05 Å². The van der Waals surface area contributed by atoms with Gasteiger partial charge in [-0.05, 0) is 23.3 Å². The second-order valence-electron chi connectivity index (χ2n) is 3.11. The molecule has 0 spiro atoms. The van der Waals surface area contributed by atoms with Crippen LogP contribution in [0.2, 0.25) is 0 Å². The van der Waals surface area contributed by atoms with Gasteiger partial charge in [0.1, 0.15) is 5.82 Å². The molecule has 0 amide bonds. The molecular weight excluding hydrogens is 272 g/mol. The topological polar surface area (TPSA) is 85.7 Å². The van der Waals surface area contributed by atoms with E-state index in [0.29, 0.717) is 11.1 Å². The molecule has 18 heavy (non-hydrogen) atoms. The fraction of sp³-hybridized carbons (Fsp3) is 0.444. The Hall–Kier alpha value is -1.48. The van der Waals surface area contributed by atoms with Crippen molar-refractivity contribution in [2.75, 3.05) is 19.5 Å². The number of nitrogens with zero attached hydrogens (tertiary/aromatic N) is 5. The molecule has 0 aromatic carbocycles. The van der Waals surface area contributed by atoms with E-state index in [2.05, 4.69) is 29.6 Å². The molecule has 2 heterocycles. The fourth-order valence-electron chi connectivity index (χ4n) is 1.09. The quantitative estimate of drug-likeness (QED) is 0.883. The van der Waals surface area contributed by atoms with Gasteiger partial charge in [-0.25, -0.2) is 4.98 Å². The molecule has 0 aliphatic heterocycles. The Morgan fingerprint density at radius 3 is 2.72 bits per heavy atom. The van der Waals surface area contributed by atoms with E-state index in [4.69, 9.17) is 4.74 Å². The summed E-state index contributed by atoms with van der Waals surface area (Å²) in [6.45, 7) is 2.02. The maximum atomic E-state index is 5.01. The number of nitrogens with one attached hydrogen (secondary N) is 1. The first-order valence-corrected chi connectivity index (χ1v) is 6.82. The smallest absolute Gasteiger partial charge is 0.321 e. The van der Waals surface area contributed by atoms with E-state index in [1.807, 2.05) is 6.92 Å². The molecule has 0 saturated carbocycles. The average Bonchev–Trinajstić information content (AvgIpc) is 2.85. The summed E-state index contributed by atoms with van der Waals surface area (Å²) in [5.74, 6) is 1.29. The molecule has 7 nitrogen and oxygen atoms in total. The van der Waals surface area contributed by atoms with E-state index in [0.717, 1.165) is 16.6 Å². The molecule has 0 unspecified atom stereocenters. The van der Waals surface area contributed by atoms with Crippen LogP contribution in [0, 0.1) is 0 Å². The molecule has 2 rings (SSSR count). The second-order valence-corrected chi connectivity index (χ2v) is 5.08. The third kappa shape index (κ3) is 3.05. The highest BCUT2D eigenvalue weighted by Gasteiger charge is 2.10. The molecule has 0 aliphatic carbocycles. The van der Waals surface area contributed by atoms with Crippen LogP contribution in [0.25, 0.3) is 0 Å². The molecule has 0 fully saturated rings. The van der Waals surface area contributed by atoms with Crippen molar-refractivity contribution in [3.63, 3.8) is 0 Å². The number of aryl methyl sites for hydroxylation is 1. The van der Waals surface area contributed by atoms with Gasteiger partial charge in [-0.3, -0.25) is 0 Å². The number of hydrogen-bond donors (Lipinski definition) is 1. The summed E-state index contributed by atoms with van der Waals surface area (Å²) < 4.78 is 10.0. The van der Waals surface area contributed by atoms with Gasteiger partial charge in [0.15, 0.2) is 4.34 Å². The minimum Gasteiger partial charge on any atom is -0.467 e. The summed E-state index contributed by atoms with van der Waals surface area (Å²) in [7, 11) is 3.26. The van der Waals surface area contributed by atoms with Gasteiger partial charge < -0.3 is 10.1 Å². The molecule has 96 valence electrons. The lowest BCUT2D eigenvalue weighted by atomic mass is 10.5. The van der Waals surface area contributed by atoms with Gasteiger partial charge in [-0.2, -0.15) is 19.3 Å². The standard InChI is InChI=1S/C9H12N6OS2/c1-4-5-11-9(18-15-5)17-8-13-6(10-2)12-7(14-8)16-3/h4H2,1-3H3,(H,10,12,13,14). The SMILES string of the molecule is CCc1nsc(Sc2nc(NC)nc(OC)n2)n1. The molecule has 0 bridgehead atoms. The first-order chi connectivity index (χ1) is 8.75. The van der Waals surface area contributed by atoms with Crippen molar-refractivity contribution < 1.29 is 4.74 Å². The molecule has 0 aliphatic rings. The molecule has 2 aromatic rings. The monoisotopic (exact) mass is 284 g/mol. The van der Waals surface area contributed by atoms with E-state index >= 15 is 0 Å². The first-order valence-electron chi connectivity index (χ1n) is 5.23. The van der Waals surface area contributed by atoms with Gasteiger partial charge in [0.05, 0.1) is 7.11 Å². The van der Waals surface area contributed by atoms with Crippen LogP contribution in [0.5, 0.6) is 6.01 Å². The number of ether oxygens (including phenoxy) is 1. The lowest BCUT2D eigenvalue weighted by Gasteiger charge is -2.03. The van der Waals surface area contributed by atoms with Gasteiger partial charge in [0, 0.05) is 13.5 Å². The van der Waals surface area contributed by atoms with Crippen LogP contribution < -0.4 is 10.1 Å². The van der Waals surface area contributed by atoms with Crippen LogP contribution in [0.4, 0.5) is 5.95 Å². The minimum atomic E-state index is 0.275. The van der Waals surface area contributed by atoms with E-state index in [9.17, 15) is 0 Å². The van der Waals surface area contributed by atoms with Crippen molar-refractivity contribution in [2.45, 2.75) is 22.8 Å². The Morgan fingerprint density at radius 1 is 1.28 bits per heavy atom. The molecule has 2 aromatic heterocycles. The summed E-state index contributed by atoms with van der Waals surface area (Å²) in [6, 6.07) is 0.275. The Kier molecular flexibility index (Phi) is 4.26. The van der Waals surface area contributed by atoms with Crippen LogP contribution >= 0.6 is 23.3 Å². The van der Waals surface area contributed by atoms with Crippen molar-refractivity contribution in [3.05, 3.63) is 5.82 Å². The Balaban J connectivity index is 2.22. The Morgan fingerprint density at radius 2 is 2.11 bits per heavy atom.